The highest BCUT2D eigenvalue weighted by atomic mass is 16.3. The largest absolute Gasteiger partial charge is 0.396 e. The Morgan fingerprint density at radius 1 is 1.24 bits per heavy atom. The topological polar surface area (TPSA) is 84.1 Å². The molecule has 0 saturated carbocycles. The predicted molar refractivity (Wildman–Crippen MR) is 84.3 cm³/mol. The number of nitrogens with one attached hydrogen (secondary N) is 1. The summed E-state index contributed by atoms with van der Waals surface area (Å²) in [7, 11) is 0. The van der Waals surface area contributed by atoms with E-state index in [2.05, 4.69) is 15.3 Å². The van der Waals surface area contributed by atoms with Crippen molar-refractivity contribution >= 4 is 28.0 Å². The highest BCUT2D eigenvalue weighted by molar-refractivity contribution is 5.93. The van der Waals surface area contributed by atoms with Crippen molar-refractivity contribution < 1.29 is 5.11 Å². The molecule has 0 aliphatic heterocycles. The number of aliphatic hydroxyl groups excluding tert-OH is 1. The van der Waals surface area contributed by atoms with Crippen LogP contribution in [0.5, 0.6) is 0 Å². The summed E-state index contributed by atoms with van der Waals surface area (Å²) >= 11 is 0. The minimum Gasteiger partial charge on any atom is -0.396 e. The minimum atomic E-state index is -0.0735. The maximum Gasteiger partial charge on any atom is 0.153 e. The number of fused-ring (bicyclic) bond motifs is 1. The SMILES string of the molecule is Cc1cc(Nc2ncccc2N)c(CO)c2ccncc12. The van der Waals surface area contributed by atoms with Crippen molar-refractivity contribution in [3.8, 4) is 0 Å². The summed E-state index contributed by atoms with van der Waals surface area (Å²) in [6.45, 7) is 1.94. The van der Waals surface area contributed by atoms with Gasteiger partial charge in [-0.05, 0) is 42.1 Å². The van der Waals surface area contributed by atoms with Gasteiger partial charge in [-0.2, -0.15) is 0 Å². The summed E-state index contributed by atoms with van der Waals surface area (Å²) in [6, 6.07) is 7.45. The molecule has 0 saturated heterocycles. The Hall–Kier alpha value is -2.66. The number of nitrogens with zero attached hydrogens (tertiary/aromatic N) is 2. The Kier molecular flexibility index (Phi) is 3.41. The third-order valence-electron chi connectivity index (χ3n) is 3.51. The molecule has 1 aromatic carbocycles. The first-order valence-corrected chi connectivity index (χ1v) is 6.65. The van der Waals surface area contributed by atoms with Crippen molar-refractivity contribution in [3.63, 3.8) is 0 Å². The van der Waals surface area contributed by atoms with E-state index in [4.69, 9.17) is 5.73 Å². The number of hydrogen-bond donors (Lipinski definition) is 3. The van der Waals surface area contributed by atoms with Gasteiger partial charge in [-0.3, -0.25) is 4.98 Å². The second-order valence-corrected chi connectivity index (χ2v) is 4.87. The molecule has 3 rings (SSSR count). The van der Waals surface area contributed by atoms with E-state index in [9.17, 15) is 5.11 Å². The van der Waals surface area contributed by atoms with E-state index in [1.54, 1.807) is 24.5 Å². The molecular weight excluding hydrogens is 264 g/mol. The highest BCUT2D eigenvalue weighted by Gasteiger charge is 2.11. The van der Waals surface area contributed by atoms with Gasteiger partial charge >= 0.3 is 0 Å². The molecule has 0 bridgehead atoms. The van der Waals surface area contributed by atoms with Crippen molar-refractivity contribution in [3.05, 3.63) is 54.0 Å². The maximum absolute atomic E-state index is 9.74. The van der Waals surface area contributed by atoms with Crippen LogP contribution >= 0.6 is 0 Å². The van der Waals surface area contributed by atoms with Crippen LogP contribution in [0.15, 0.2) is 42.9 Å². The number of benzene rings is 1. The number of aliphatic hydroxyl groups is 1. The van der Waals surface area contributed by atoms with Crippen LogP contribution in [0.25, 0.3) is 10.8 Å². The Bertz CT molecular complexity index is 801. The molecule has 0 amide bonds. The van der Waals surface area contributed by atoms with E-state index in [0.29, 0.717) is 11.5 Å². The first-order valence-electron chi connectivity index (χ1n) is 6.65. The first-order chi connectivity index (χ1) is 10.2. The molecule has 0 radical (unpaired) electrons. The molecule has 5 nitrogen and oxygen atoms in total. The van der Waals surface area contributed by atoms with Crippen molar-refractivity contribution in [2.75, 3.05) is 11.1 Å². The van der Waals surface area contributed by atoms with E-state index in [-0.39, 0.29) is 6.61 Å². The zero-order valence-electron chi connectivity index (χ0n) is 11.7. The summed E-state index contributed by atoms with van der Waals surface area (Å²) in [4.78, 5) is 8.37. The van der Waals surface area contributed by atoms with Crippen molar-refractivity contribution in [2.45, 2.75) is 13.5 Å². The van der Waals surface area contributed by atoms with E-state index in [1.165, 1.54) is 0 Å². The fraction of sp³-hybridized carbons (Fsp3) is 0.125. The Labute approximate surface area is 122 Å². The fourth-order valence-corrected chi connectivity index (χ4v) is 2.43. The average molecular weight is 280 g/mol. The van der Waals surface area contributed by atoms with Gasteiger partial charge in [0.25, 0.3) is 0 Å². The number of nitrogens with two attached hydrogens (primary N) is 1. The number of anilines is 3. The maximum atomic E-state index is 9.74. The zero-order chi connectivity index (χ0) is 14.8. The molecule has 2 heterocycles. The van der Waals surface area contributed by atoms with Gasteiger partial charge in [-0.15, -0.1) is 0 Å². The van der Waals surface area contributed by atoms with E-state index >= 15 is 0 Å². The van der Waals surface area contributed by atoms with E-state index in [1.807, 2.05) is 25.3 Å². The van der Waals surface area contributed by atoms with Crippen LogP contribution in [0, 0.1) is 6.92 Å². The van der Waals surface area contributed by atoms with Crippen LogP contribution in [-0.4, -0.2) is 15.1 Å². The summed E-state index contributed by atoms with van der Waals surface area (Å²) in [5.74, 6) is 0.583. The molecule has 3 aromatic rings. The van der Waals surface area contributed by atoms with Gasteiger partial charge in [0.1, 0.15) is 0 Å². The fourth-order valence-electron chi connectivity index (χ4n) is 2.43. The second kappa shape index (κ2) is 5.38. The molecule has 4 N–H and O–H groups in total. The number of aromatic nitrogens is 2. The van der Waals surface area contributed by atoms with Crippen LogP contribution in [0.4, 0.5) is 17.2 Å². The summed E-state index contributed by atoms with van der Waals surface area (Å²) in [5.41, 5.74) is 9.17. The molecular formula is C16H16N4O. The van der Waals surface area contributed by atoms with Crippen LogP contribution in [0.2, 0.25) is 0 Å². The molecule has 0 aliphatic rings. The highest BCUT2D eigenvalue weighted by Crippen LogP contribution is 2.31. The average Bonchev–Trinajstić information content (AvgIpc) is 2.50. The first kappa shape index (κ1) is 13.3. The van der Waals surface area contributed by atoms with Crippen LogP contribution in [-0.2, 0) is 6.61 Å². The lowest BCUT2D eigenvalue weighted by molar-refractivity contribution is 0.284. The molecule has 0 atom stereocenters. The van der Waals surface area contributed by atoms with Gasteiger partial charge in [-0.25, -0.2) is 4.98 Å². The number of aryl methyl sites for hydroxylation is 1. The Morgan fingerprint density at radius 2 is 2.10 bits per heavy atom. The number of pyridine rings is 2. The molecule has 0 unspecified atom stereocenters. The quantitative estimate of drug-likeness (QED) is 0.687. The van der Waals surface area contributed by atoms with Crippen LogP contribution in [0.3, 0.4) is 0 Å². The molecule has 0 fully saturated rings. The number of hydrogen-bond acceptors (Lipinski definition) is 5. The van der Waals surface area contributed by atoms with Gasteiger partial charge in [0.05, 0.1) is 12.3 Å². The van der Waals surface area contributed by atoms with Gasteiger partial charge < -0.3 is 16.2 Å². The van der Waals surface area contributed by atoms with Crippen molar-refractivity contribution in [1.29, 1.82) is 0 Å². The van der Waals surface area contributed by atoms with Gasteiger partial charge in [0.15, 0.2) is 5.82 Å². The van der Waals surface area contributed by atoms with Crippen molar-refractivity contribution in [1.82, 2.24) is 9.97 Å². The Balaban J connectivity index is 2.16. The molecule has 0 spiro atoms. The summed E-state index contributed by atoms with van der Waals surface area (Å²) in [5, 5.41) is 15.0. The number of rotatable bonds is 3. The monoisotopic (exact) mass is 280 g/mol. The normalized spacial score (nSPS) is 10.8. The second-order valence-electron chi connectivity index (χ2n) is 4.87. The Morgan fingerprint density at radius 3 is 2.86 bits per heavy atom. The smallest absolute Gasteiger partial charge is 0.153 e. The third kappa shape index (κ3) is 2.39. The predicted octanol–water partition coefficient (Wildman–Crippen LogP) is 2.76. The molecule has 2 aromatic heterocycles. The van der Waals surface area contributed by atoms with Gasteiger partial charge in [0, 0.05) is 35.2 Å². The minimum absolute atomic E-state index is 0.0735. The van der Waals surface area contributed by atoms with Gasteiger partial charge in [-0.1, -0.05) is 0 Å². The van der Waals surface area contributed by atoms with E-state index < -0.39 is 0 Å². The van der Waals surface area contributed by atoms with Gasteiger partial charge in [0.2, 0.25) is 0 Å². The summed E-state index contributed by atoms with van der Waals surface area (Å²) in [6.07, 6.45) is 5.21. The summed E-state index contributed by atoms with van der Waals surface area (Å²) < 4.78 is 0. The molecule has 5 heteroatoms. The molecule has 0 aliphatic carbocycles. The lowest BCUT2D eigenvalue weighted by Gasteiger charge is -2.15. The van der Waals surface area contributed by atoms with Crippen LogP contribution in [0.1, 0.15) is 11.1 Å². The standard InChI is InChI=1S/C16H16N4O/c1-10-7-15(20-16-14(17)3-2-5-19-16)13(9-21)11-4-6-18-8-12(10)11/h2-8,21H,9,17H2,1H3,(H,19,20). The van der Waals surface area contributed by atoms with E-state index in [0.717, 1.165) is 27.6 Å². The van der Waals surface area contributed by atoms with Crippen molar-refractivity contribution in [2.24, 2.45) is 0 Å². The third-order valence-corrected chi connectivity index (χ3v) is 3.51. The van der Waals surface area contributed by atoms with Crippen LogP contribution < -0.4 is 11.1 Å². The lowest BCUT2D eigenvalue weighted by Crippen LogP contribution is -2.03. The lowest BCUT2D eigenvalue weighted by atomic mass is 10.0. The zero-order valence-corrected chi connectivity index (χ0v) is 11.7. The molecule has 21 heavy (non-hydrogen) atoms. The molecule has 106 valence electrons. The number of nitrogen functional groups attached to an aromatic ring is 1.